The molecule has 0 aliphatic heterocycles. The summed E-state index contributed by atoms with van der Waals surface area (Å²) in [6, 6.07) is 13.6. The quantitative estimate of drug-likeness (QED) is 0.134. The largest absolute Gasteiger partial charge is 0.394 e. The van der Waals surface area contributed by atoms with E-state index >= 15 is 0 Å². The van der Waals surface area contributed by atoms with Gasteiger partial charge in [-0.1, -0.05) is 42.8 Å². The zero-order valence-electron chi connectivity index (χ0n) is 25.5. The Morgan fingerprint density at radius 1 is 1.04 bits per heavy atom. The van der Waals surface area contributed by atoms with Gasteiger partial charge in [0.1, 0.15) is 18.3 Å². The van der Waals surface area contributed by atoms with Crippen LogP contribution < -0.4 is 5.32 Å². The summed E-state index contributed by atoms with van der Waals surface area (Å²) in [6.07, 6.45) is -2.58. The minimum atomic E-state index is -4.08. The maximum absolute atomic E-state index is 14.1. The molecule has 0 fully saturated rings. The highest BCUT2D eigenvalue weighted by atomic mass is 35.5. The zero-order valence-corrected chi connectivity index (χ0v) is 27.1. The van der Waals surface area contributed by atoms with Crippen molar-refractivity contribution in [3.8, 4) is 11.1 Å². The SMILES string of the molecule is CCc1cnccc1-c1cccc(C(C)N(CCCC(=O)NCC(O)C(O)C(O)C(O)CO)S(=O)(=O)c2cccc(Cl)c2C)c1. The lowest BCUT2D eigenvalue weighted by molar-refractivity contribution is -0.126. The number of nitrogens with one attached hydrogen (secondary N) is 1. The molecule has 5 atom stereocenters. The Balaban J connectivity index is 1.82. The maximum Gasteiger partial charge on any atom is 0.243 e. The van der Waals surface area contributed by atoms with Crippen LogP contribution in [0.15, 0.2) is 65.8 Å². The number of carbonyl (C=O) groups excluding carboxylic acids is 1. The summed E-state index contributed by atoms with van der Waals surface area (Å²) >= 11 is 6.29. The third kappa shape index (κ3) is 9.08. The highest BCUT2D eigenvalue weighted by molar-refractivity contribution is 7.89. The summed E-state index contributed by atoms with van der Waals surface area (Å²) in [6.45, 7) is 4.19. The smallest absolute Gasteiger partial charge is 0.243 e. The fraction of sp³-hybridized carbons (Fsp3) is 0.438. The molecule has 6 N–H and O–H groups in total. The van der Waals surface area contributed by atoms with E-state index in [1.807, 2.05) is 43.5 Å². The predicted molar refractivity (Wildman–Crippen MR) is 171 cm³/mol. The summed E-state index contributed by atoms with van der Waals surface area (Å²) in [7, 11) is -4.08. The predicted octanol–water partition coefficient (Wildman–Crippen LogP) is 2.36. The van der Waals surface area contributed by atoms with E-state index in [4.69, 9.17) is 16.7 Å². The molecule has 246 valence electrons. The van der Waals surface area contributed by atoms with Gasteiger partial charge in [-0.05, 0) is 78.8 Å². The Morgan fingerprint density at radius 2 is 1.73 bits per heavy atom. The topological polar surface area (TPSA) is 181 Å². The second-order valence-electron chi connectivity index (χ2n) is 10.9. The summed E-state index contributed by atoms with van der Waals surface area (Å²) in [5, 5.41) is 51.0. The second-order valence-corrected chi connectivity index (χ2v) is 13.1. The molecule has 3 aromatic rings. The number of sulfonamides is 1. The number of pyridine rings is 1. The molecular weight excluding hydrogens is 622 g/mol. The second kappa shape index (κ2) is 16.6. The number of nitrogens with zero attached hydrogens (tertiary/aromatic N) is 2. The van der Waals surface area contributed by atoms with Crippen molar-refractivity contribution in [2.24, 2.45) is 0 Å². The Bertz CT molecular complexity index is 1540. The minimum Gasteiger partial charge on any atom is -0.394 e. The normalized spacial score (nSPS) is 15.3. The molecule has 0 aliphatic rings. The molecule has 1 aromatic heterocycles. The van der Waals surface area contributed by atoms with Crippen molar-refractivity contribution < 1.29 is 38.7 Å². The first-order chi connectivity index (χ1) is 21.3. The van der Waals surface area contributed by atoms with Gasteiger partial charge in [0.2, 0.25) is 15.9 Å². The average Bonchev–Trinajstić information content (AvgIpc) is 3.05. The Labute approximate surface area is 269 Å². The van der Waals surface area contributed by atoms with Gasteiger partial charge < -0.3 is 30.8 Å². The van der Waals surface area contributed by atoms with Crippen molar-refractivity contribution in [2.45, 2.75) is 75.4 Å². The van der Waals surface area contributed by atoms with E-state index in [1.165, 1.54) is 10.4 Å². The molecule has 0 radical (unpaired) electrons. The lowest BCUT2D eigenvalue weighted by atomic mass is 9.97. The molecule has 0 spiro atoms. The molecule has 5 unspecified atom stereocenters. The van der Waals surface area contributed by atoms with Gasteiger partial charge in [-0.2, -0.15) is 4.31 Å². The van der Waals surface area contributed by atoms with Crippen LogP contribution in [-0.4, -0.2) is 93.3 Å². The molecule has 0 saturated carbocycles. The lowest BCUT2D eigenvalue weighted by Crippen LogP contribution is -2.49. The van der Waals surface area contributed by atoms with Crippen LogP contribution in [0.25, 0.3) is 11.1 Å². The van der Waals surface area contributed by atoms with Crippen LogP contribution in [0.3, 0.4) is 0 Å². The summed E-state index contributed by atoms with van der Waals surface area (Å²) in [5.74, 6) is -0.519. The standard InChI is InChI=1S/C32H42ClN3O8S/c1-4-22-17-34-14-13-25(22)24-9-5-8-23(16-24)21(3)36(45(43,44)29-11-6-10-26(33)20(29)2)15-7-12-30(40)35-18-27(38)31(41)32(42)28(39)19-37/h5-6,8-11,13-14,16-17,21,27-28,31-32,37-39,41-42H,4,7,12,15,18-19H2,1-3H3,(H,35,40). The van der Waals surface area contributed by atoms with Gasteiger partial charge in [0.15, 0.2) is 0 Å². The van der Waals surface area contributed by atoms with Gasteiger partial charge in [-0.3, -0.25) is 9.78 Å². The van der Waals surface area contributed by atoms with E-state index in [-0.39, 0.29) is 24.3 Å². The van der Waals surface area contributed by atoms with Crippen molar-refractivity contribution in [1.82, 2.24) is 14.6 Å². The Kier molecular flexibility index (Phi) is 13.5. The van der Waals surface area contributed by atoms with Crippen LogP contribution in [0.4, 0.5) is 0 Å². The highest BCUT2D eigenvalue weighted by Gasteiger charge is 2.32. The van der Waals surface area contributed by atoms with Gasteiger partial charge in [0, 0.05) is 43.0 Å². The number of carbonyl (C=O) groups is 1. The first-order valence-electron chi connectivity index (χ1n) is 14.7. The van der Waals surface area contributed by atoms with Crippen molar-refractivity contribution >= 4 is 27.5 Å². The molecule has 1 heterocycles. The molecule has 1 amide bonds. The maximum atomic E-state index is 14.1. The summed E-state index contributed by atoms with van der Waals surface area (Å²) < 4.78 is 29.6. The van der Waals surface area contributed by atoms with Crippen LogP contribution in [-0.2, 0) is 21.2 Å². The molecular formula is C32H42ClN3O8S. The molecule has 2 aromatic carbocycles. The number of hydrogen-bond donors (Lipinski definition) is 6. The highest BCUT2D eigenvalue weighted by Crippen LogP contribution is 2.33. The molecule has 0 bridgehead atoms. The molecule has 45 heavy (non-hydrogen) atoms. The fourth-order valence-corrected chi connectivity index (χ4v) is 7.16. The number of aliphatic hydroxyl groups excluding tert-OH is 5. The van der Waals surface area contributed by atoms with Crippen molar-refractivity contribution in [2.75, 3.05) is 19.7 Å². The summed E-state index contributed by atoms with van der Waals surface area (Å²) in [5.41, 5.74) is 4.15. The van der Waals surface area contributed by atoms with Gasteiger partial charge in [0.25, 0.3) is 0 Å². The Hall–Kier alpha value is -2.94. The first-order valence-corrected chi connectivity index (χ1v) is 16.5. The molecule has 3 rings (SSSR count). The van der Waals surface area contributed by atoms with Crippen molar-refractivity contribution in [1.29, 1.82) is 0 Å². The van der Waals surface area contributed by atoms with Gasteiger partial charge >= 0.3 is 0 Å². The third-order valence-electron chi connectivity index (χ3n) is 7.82. The number of aliphatic hydroxyl groups is 5. The average molecular weight is 664 g/mol. The van der Waals surface area contributed by atoms with E-state index in [0.29, 0.717) is 10.6 Å². The summed E-state index contributed by atoms with van der Waals surface area (Å²) in [4.78, 5) is 16.9. The van der Waals surface area contributed by atoms with Crippen LogP contribution in [0.2, 0.25) is 5.02 Å². The number of benzene rings is 2. The molecule has 11 nitrogen and oxygen atoms in total. The number of aromatic nitrogens is 1. The zero-order chi connectivity index (χ0) is 33.3. The van der Waals surface area contributed by atoms with Crippen LogP contribution in [0.1, 0.15) is 49.4 Å². The van der Waals surface area contributed by atoms with E-state index in [0.717, 1.165) is 28.7 Å². The molecule has 13 heteroatoms. The number of amides is 1. The monoisotopic (exact) mass is 663 g/mol. The van der Waals surface area contributed by atoms with E-state index in [2.05, 4.69) is 10.3 Å². The van der Waals surface area contributed by atoms with E-state index in [9.17, 15) is 33.6 Å². The lowest BCUT2D eigenvalue weighted by Gasteiger charge is -2.30. The minimum absolute atomic E-state index is 0.0187. The van der Waals surface area contributed by atoms with E-state index < -0.39 is 59.5 Å². The van der Waals surface area contributed by atoms with Crippen molar-refractivity contribution in [3.05, 3.63) is 82.6 Å². The van der Waals surface area contributed by atoms with Crippen LogP contribution in [0, 0.1) is 6.92 Å². The molecule has 0 saturated heterocycles. The number of rotatable bonds is 16. The number of hydrogen-bond acceptors (Lipinski definition) is 9. The number of halogens is 1. The first kappa shape index (κ1) is 36.5. The van der Waals surface area contributed by atoms with Gasteiger partial charge in [0.05, 0.1) is 17.6 Å². The van der Waals surface area contributed by atoms with E-state index in [1.54, 1.807) is 32.2 Å². The van der Waals surface area contributed by atoms with Crippen molar-refractivity contribution in [3.63, 3.8) is 0 Å². The van der Waals surface area contributed by atoms with Crippen LogP contribution >= 0.6 is 11.6 Å². The van der Waals surface area contributed by atoms with Crippen LogP contribution in [0.5, 0.6) is 0 Å². The van der Waals surface area contributed by atoms with Gasteiger partial charge in [-0.15, -0.1) is 0 Å². The third-order valence-corrected chi connectivity index (χ3v) is 10.3. The number of aryl methyl sites for hydroxylation is 1. The fourth-order valence-electron chi connectivity index (χ4n) is 5.02. The Morgan fingerprint density at radius 3 is 2.42 bits per heavy atom. The van der Waals surface area contributed by atoms with Gasteiger partial charge in [-0.25, -0.2) is 8.42 Å². The molecule has 0 aliphatic carbocycles.